The summed E-state index contributed by atoms with van der Waals surface area (Å²) in [6.07, 6.45) is 1.94. The first kappa shape index (κ1) is 10.8. The van der Waals surface area contributed by atoms with Crippen molar-refractivity contribution < 1.29 is 4.79 Å². The standard InChI is InChI=1S/C14H18N2O/c1-16-12(11-5-3-2-4-6-11)14(13(16)17)7-9-15-10-8-14/h2-6,12,15H,7-10H2,1H3/t12-/m1/s1. The van der Waals surface area contributed by atoms with Crippen molar-refractivity contribution in [2.75, 3.05) is 20.1 Å². The lowest BCUT2D eigenvalue weighted by Crippen LogP contribution is -2.64. The van der Waals surface area contributed by atoms with E-state index in [2.05, 4.69) is 29.6 Å². The minimum Gasteiger partial charge on any atom is -0.337 e. The van der Waals surface area contributed by atoms with E-state index in [-0.39, 0.29) is 11.5 Å². The van der Waals surface area contributed by atoms with E-state index in [1.54, 1.807) is 0 Å². The predicted molar refractivity (Wildman–Crippen MR) is 66.5 cm³/mol. The maximum Gasteiger partial charge on any atom is 0.231 e. The van der Waals surface area contributed by atoms with Crippen LogP contribution in [0.25, 0.3) is 0 Å². The van der Waals surface area contributed by atoms with Gasteiger partial charge in [-0.15, -0.1) is 0 Å². The molecule has 1 spiro atoms. The third-order valence-electron chi connectivity index (χ3n) is 4.27. The number of carbonyl (C=O) groups excluding carboxylic acids is 1. The second-order valence-electron chi connectivity index (χ2n) is 5.14. The van der Waals surface area contributed by atoms with Crippen LogP contribution >= 0.6 is 0 Å². The summed E-state index contributed by atoms with van der Waals surface area (Å²) in [6.45, 7) is 1.92. The maximum atomic E-state index is 12.2. The van der Waals surface area contributed by atoms with Gasteiger partial charge < -0.3 is 10.2 Å². The molecule has 1 N–H and O–H groups in total. The van der Waals surface area contributed by atoms with Gasteiger partial charge in [-0.05, 0) is 31.5 Å². The normalized spacial score (nSPS) is 27.0. The quantitative estimate of drug-likeness (QED) is 0.743. The van der Waals surface area contributed by atoms with Crippen molar-refractivity contribution in [1.29, 1.82) is 0 Å². The van der Waals surface area contributed by atoms with Crippen LogP contribution in [0.5, 0.6) is 0 Å². The van der Waals surface area contributed by atoms with Gasteiger partial charge in [-0.25, -0.2) is 0 Å². The highest BCUT2D eigenvalue weighted by molar-refractivity contribution is 5.90. The van der Waals surface area contributed by atoms with Gasteiger partial charge in [0.2, 0.25) is 5.91 Å². The number of amides is 1. The van der Waals surface area contributed by atoms with Crippen molar-refractivity contribution in [3.8, 4) is 0 Å². The van der Waals surface area contributed by atoms with Crippen molar-refractivity contribution in [1.82, 2.24) is 10.2 Å². The van der Waals surface area contributed by atoms with Crippen molar-refractivity contribution in [2.24, 2.45) is 5.41 Å². The monoisotopic (exact) mass is 230 g/mol. The fraction of sp³-hybridized carbons (Fsp3) is 0.500. The maximum absolute atomic E-state index is 12.2. The fourth-order valence-corrected chi connectivity index (χ4v) is 3.43. The van der Waals surface area contributed by atoms with Crippen molar-refractivity contribution >= 4 is 5.91 Å². The van der Waals surface area contributed by atoms with Crippen LogP contribution in [0.2, 0.25) is 0 Å². The molecule has 0 aromatic heterocycles. The van der Waals surface area contributed by atoms with Gasteiger partial charge in [-0.1, -0.05) is 30.3 Å². The van der Waals surface area contributed by atoms with Gasteiger partial charge in [0.15, 0.2) is 0 Å². The lowest BCUT2D eigenvalue weighted by Gasteiger charge is -2.56. The molecule has 1 atom stereocenters. The molecule has 2 aliphatic heterocycles. The number of benzene rings is 1. The van der Waals surface area contributed by atoms with Crippen molar-refractivity contribution in [3.05, 3.63) is 35.9 Å². The van der Waals surface area contributed by atoms with E-state index in [0.29, 0.717) is 5.91 Å². The summed E-state index contributed by atoms with van der Waals surface area (Å²) in [6, 6.07) is 10.7. The first-order valence-corrected chi connectivity index (χ1v) is 6.29. The molecule has 0 unspecified atom stereocenters. The molecule has 1 amide bonds. The number of carbonyl (C=O) groups is 1. The van der Waals surface area contributed by atoms with Crippen LogP contribution in [0.4, 0.5) is 0 Å². The zero-order valence-corrected chi connectivity index (χ0v) is 10.1. The zero-order chi connectivity index (χ0) is 11.9. The van der Waals surface area contributed by atoms with E-state index in [0.717, 1.165) is 25.9 Å². The van der Waals surface area contributed by atoms with E-state index < -0.39 is 0 Å². The minimum absolute atomic E-state index is 0.124. The fourth-order valence-electron chi connectivity index (χ4n) is 3.43. The topological polar surface area (TPSA) is 32.3 Å². The van der Waals surface area contributed by atoms with Gasteiger partial charge in [0.05, 0.1) is 11.5 Å². The number of hydrogen-bond acceptors (Lipinski definition) is 2. The van der Waals surface area contributed by atoms with E-state index in [1.165, 1.54) is 5.56 Å². The van der Waals surface area contributed by atoms with E-state index in [1.807, 2.05) is 18.0 Å². The average molecular weight is 230 g/mol. The average Bonchev–Trinajstić information content (AvgIpc) is 2.41. The molecule has 3 heteroatoms. The number of β-lactam (4-membered cyclic amide) rings is 1. The number of rotatable bonds is 1. The number of likely N-dealkylation sites (tertiary alicyclic amines) is 1. The summed E-state index contributed by atoms with van der Waals surface area (Å²) in [5.74, 6) is 0.327. The van der Waals surface area contributed by atoms with Gasteiger partial charge in [0.25, 0.3) is 0 Å². The third kappa shape index (κ3) is 1.42. The Morgan fingerprint density at radius 1 is 1.24 bits per heavy atom. The Hall–Kier alpha value is -1.35. The van der Waals surface area contributed by atoms with Gasteiger partial charge in [-0.3, -0.25) is 4.79 Å². The largest absolute Gasteiger partial charge is 0.337 e. The van der Waals surface area contributed by atoms with Crippen LogP contribution < -0.4 is 5.32 Å². The SMILES string of the molecule is CN1C(=O)C2(CCNCC2)[C@H]1c1ccccc1. The Bertz CT molecular complexity index is 423. The molecule has 2 saturated heterocycles. The van der Waals surface area contributed by atoms with Crippen molar-refractivity contribution in [3.63, 3.8) is 0 Å². The number of nitrogens with one attached hydrogen (secondary N) is 1. The molecule has 0 aliphatic carbocycles. The van der Waals surface area contributed by atoms with E-state index >= 15 is 0 Å². The first-order chi connectivity index (χ1) is 8.26. The smallest absolute Gasteiger partial charge is 0.231 e. The van der Waals surface area contributed by atoms with Crippen LogP contribution in [-0.4, -0.2) is 30.9 Å². The molecule has 1 aromatic carbocycles. The van der Waals surface area contributed by atoms with Gasteiger partial charge in [0.1, 0.15) is 0 Å². The number of hydrogen-bond donors (Lipinski definition) is 1. The Morgan fingerprint density at radius 3 is 2.53 bits per heavy atom. The first-order valence-electron chi connectivity index (χ1n) is 6.29. The Kier molecular flexibility index (Phi) is 2.44. The zero-order valence-electron chi connectivity index (χ0n) is 10.1. The van der Waals surface area contributed by atoms with Crippen LogP contribution in [0.1, 0.15) is 24.4 Å². The summed E-state index contributed by atoms with van der Waals surface area (Å²) in [7, 11) is 1.92. The molecule has 0 radical (unpaired) electrons. The van der Waals surface area contributed by atoms with Crippen LogP contribution in [0.3, 0.4) is 0 Å². The highest BCUT2D eigenvalue weighted by Gasteiger charge is 2.59. The molecule has 2 heterocycles. The summed E-state index contributed by atoms with van der Waals surface area (Å²) >= 11 is 0. The summed E-state index contributed by atoms with van der Waals surface area (Å²) in [5.41, 5.74) is 1.15. The number of nitrogens with zero attached hydrogens (tertiary/aromatic N) is 1. The summed E-state index contributed by atoms with van der Waals surface area (Å²) < 4.78 is 0. The summed E-state index contributed by atoms with van der Waals surface area (Å²) in [4.78, 5) is 14.1. The molecule has 17 heavy (non-hydrogen) atoms. The van der Waals surface area contributed by atoms with Gasteiger partial charge in [-0.2, -0.15) is 0 Å². The molecule has 0 bridgehead atoms. The molecular weight excluding hydrogens is 212 g/mol. The molecule has 0 saturated carbocycles. The lowest BCUT2D eigenvalue weighted by molar-refractivity contribution is -0.173. The molecule has 3 rings (SSSR count). The van der Waals surface area contributed by atoms with Crippen molar-refractivity contribution in [2.45, 2.75) is 18.9 Å². The highest BCUT2D eigenvalue weighted by atomic mass is 16.2. The molecule has 1 aromatic rings. The Morgan fingerprint density at radius 2 is 1.88 bits per heavy atom. The molecular formula is C14H18N2O. The second kappa shape index (κ2) is 3.84. The predicted octanol–water partition coefficient (Wildman–Crippen LogP) is 1.57. The van der Waals surface area contributed by atoms with Gasteiger partial charge >= 0.3 is 0 Å². The minimum atomic E-state index is -0.124. The third-order valence-corrected chi connectivity index (χ3v) is 4.27. The molecule has 3 nitrogen and oxygen atoms in total. The van der Waals surface area contributed by atoms with Crippen LogP contribution in [-0.2, 0) is 4.79 Å². The van der Waals surface area contributed by atoms with E-state index in [4.69, 9.17) is 0 Å². The van der Waals surface area contributed by atoms with Crippen LogP contribution in [0, 0.1) is 5.41 Å². The highest BCUT2D eigenvalue weighted by Crippen LogP contribution is 2.54. The van der Waals surface area contributed by atoms with E-state index in [9.17, 15) is 4.79 Å². The molecule has 2 aliphatic rings. The lowest BCUT2D eigenvalue weighted by atomic mass is 9.63. The second-order valence-corrected chi connectivity index (χ2v) is 5.14. The molecule has 2 fully saturated rings. The molecule has 90 valence electrons. The summed E-state index contributed by atoms with van der Waals surface area (Å²) in [5, 5.41) is 3.34. The number of piperidine rings is 1. The Labute approximate surface area is 102 Å². The van der Waals surface area contributed by atoms with Gasteiger partial charge in [0, 0.05) is 7.05 Å². The Balaban J connectivity index is 1.95. The van der Waals surface area contributed by atoms with Crippen LogP contribution in [0.15, 0.2) is 30.3 Å².